The summed E-state index contributed by atoms with van der Waals surface area (Å²) >= 11 is 4.89. The molecule has 24 heavy (non-hydrogen) atoms. The van der Waals surface area contributed by atoms with Crippen molar-refractivity contribution in [2.75, 3.05) is 5.32 Å². The molecule has 2 aromatic carbocycles. The number of benzene rings is 2. The van der Waals surface area contributed by atoms with E-state index >= 15 is 0 Å². The normalized spacial score (nSPS) is 10.0. The van der Waals surface area contributed by atoms with Gasteiger partial charge < -0.3 is 11.1 Å². The summed E-state index contributed by atoms with van der Waals surface area (Å²) in [5.74, 6) is -0.669. The summed E-state index contributed by atoms with van der Waals surface area (Å²) in [7, 11) is 0. The molecule has 0 radical (unpaired) electrons. The SMILES string of the molecule is CC(=O)Nc1ccc(C(=O)N(OCc2ccccc2)C(N)=S)cc1. The number of nitrogens with zero attached hydrogens (tertiary/aromatic N) is 1. The Hall–Kier alpha value is -2.77. The zero-order valence-electron chi connectivity index (χ0n) is 13.1. The van der Waals surface area contributed by atoms with Crippen LogP contribution in [0.5, 0.6) is 0 Å². The lowest BCUT2D eigenvalue weighted by atomic mass is 10.2. The third-order valence-corrected chi connectivity index (χ3v) is 3.21. The van der Waals surface area contributed by atoms with Crippen LogP contribution in [0.4, 0.5) is 5.69 Å². The summed E-state index contributed by atoms with van der Waals surface area (Å²) in [4.78, 5) is 28.9. The van der Waals surface area contributed by atoms with Gasteiger partial charge in [0.05, 0.1) is 0 Å². The molecule has 0 heterocycles. The maximum Gasteiger partial charge on any atom is 0.284 e. The summed E-state index contributed by atoms with van der Waals surface area (Å²) in [6.07, 6.45) is 0. The molecule has 0 atom stereocenters. The summed E-state index contributed by atoms with van der Waals surface area (Å²) in [5.41, 5.74) is 7.40. The van der Waals surface area contributed by atoms with Crippen molar-refractivity contribution in [2.45, 2.75) is 13.5 Å². The van der Waals surface area contributed by atoms with Crippen molar-refractivity contribution in [3.8, 4) is 0 Å². The minimum atomic E-state index is -0.479. The first-order valence-electron chi connectivity index (χ1n) is 7.16. The van der Waals surface area contributed by atoms with Gasteiger partial charge in [-0.2, -0.15) is 5.06 Å². The van der Waals surface area contributed by atoms with E-state index in [1.165, 1.54) is 6.92 Å². The van der Waals surface area contributed by atoms with E-state index in [1.807, 2.05) is 30.3 Å². The number of hydroxylamine groups is 2. The molecule has 0 bridgehead atoms. The number of thiocarbonyl (C=S) groups is 1. The van der Waals surface area contributed by atoms with Crippen LogP contribution in [0.25, 0.3) is 0 Å². The lowest BCUT2D eigenvalue weighted by molar-refractivity contribution is -0.114. The number of nitrogens with one attached hydrogen (secondary N) is 1. The highest BCUT2D eigenvalue weighted by Crippen LogP contribution is 2.13. The number of hydrogen-bond acceptors (Lipinski definition) is 4. The van der Waals surface area contributed by atoms with E-state index in [4.69, 9.17) is 22.8 Å². The first kappa shape index (κ1) is 17.6. The molecule has 2 amide bonds. The number of hydrogen-bond donors (Lipinski definition) is 2. The topological polar surface area (TPSA) is 84.7 Å². The second-order valence-corrected chi connectivity index (χ2v) is 5.37. The number of rotatable bonds is 5. The van der Waals surface area contributed by atoms with Gasteiger partial charge in [-0.25, -0.2) is 0 Å². The lowest BCUT2D eigenvalue weighted by Gasteiger charge is -2.20. The first-order chi connectivity index (χ1) is 11.5. The average molecular weight is 343 g/mol. The van der Waals surface area contributed by atoms with Crippen molar-refractivity contribution in [1.29, 1.82) is 0 Å². The highest BCUT2D eigenvalue weighted by molar-refractivity contribution is 7.80. The molecule has 0 spiro atoms. The van der Waals surface area contributed by atoms with Crippen molar-refractivity contribution in [2.24, 2.45) is 5.73 Å². The van der Waals surface area contributed by atoms with Gasteiger partial charge in [-0.1, -0.05) is 30.3 Å². The van der Waals surface area contributed by atoms with E-state index in [9.17, 15) is 9.59 Å². The second-order valence-electron chi connectivity index (χ2n) is 4.96. The van der Waals surface area contributed by atoms with Gasteiger partial charge in [0, 0.05) is 18.2 Å². The number of amides is 2. The molecular weight excluding hydrogens is 326 g/mol. The Morgan fingerprint density at radius 1 is 1.12 bits per heavy atom. The third kappa shape index (κ3) is 4.87. The standard InChI is InChI=1S/C17H17N3O3S/c1-12(21)19-15-9-7-14(8-10-15)16(22)20(17(18)24)23-11-13-5-3-2-4-6-13/h2-10H,11H2,1H3,(H2,18,24)(H,19,21). The second kappa shape index (κ2) is 8.19. The van der Waals surface area contributed by atoms with Crippen LogP contribution in [0.15, 0.2) is 54.6 Å². The third-order valence-electron chi connectivity index (χ3n) is 3.04. The van der Waals surface area contributed by atoms with Crippen molar-refractivity contribution < 1.29 is 14.4 Å². The predicted octanol–water partition coefficient (Wildman–Crippen LogP) is 2.46. The molecule has 2 aromatic rings. The molecule has 0 aliphatic rings. The van der Waals surface area contributed by atoms with E-state index < -0.39 is 5.91 Å². The summed E-state index contributed by atoms with van der Waals surface area (Å²) in [6.45, 7) is 1.57. The minimum Gasteiger partial charge on any atom is -0.374 e. The van der Waals surface area contributed by atoms with E-state index in [0.29, 0.717) is 11.3 Å². The molecule has 0 aliphatic heterocycles. The fourth-order valence-electron chi connectivity index (χ4n) is 1.95. The van der Waals surface area contributed by atoms with Crippen molar-refractivity contribution in [1.82, 2.24) is 5.06 Å². The Balaban J connectivity index is 2.08. The minimum absolute atomic E-state index is 0.161. The first-order valence-corrected chi connectivity index (χ1v) is 7.56. The Morgan fingerprint density at radius 2 is 1.75 bits per heavy atom. The molecule has 0 saturated heterocycles. The van der Waals surface area contributed by atoms with E-state index in [-0.39, 0.29) is 17.6 Å². The monoisotopic (exact) mass is 343 g/mol. The average Bonchev–Trinajstić information content (AvgIpc) is 2.55. The molecule has 2 rings (SSSR count). The van der Waals surface area contributed by atoms with Gasteiger partial charge in [-0.05, 0) is 42.0 Å². The maximum atomic E-state index is 12.5. The Kier molecular flexibility index (Phi) is 6.00. The fourth-order valence-corrected chi connectivity index (χ4v) is 2.09. The Labute approximate surface area is 145 Å². The highest BCUT2D eigenvalue weighted by Gasteiger charge is 2.19. The molecule has 6 nitrogen and oxygen atoms in total. The maximum absolute atomic E-state index is 12.5. The largest absolute Gasteiger partial charge is 0.374 e. The fraction of sp³-hybridized carbons (Fsp3) is 0.118. The molecule has 0 aliphatic carbocycles. The summed E-state index contributed by atoms with van der Waals surface area (Å²) < 4.78 is 0. The van der Waals surface area contributed by atoms with Crippen LogP contribution in [0.1, 0.15) is 22.8 Å². The van der Waals surface area contributed by atoms with Crippen molar-refractivity contribution in [3.63, 3.8) is 0 Å². The van der Waals surface area contributed by atoms with Crippen LogP contribution in [0, 0.1) is 0 Å². The van der Waals surface area contributed by atoms with Gasteiger partial charge in [0.1, 0.15) is 6.61 Å². The predicted molar refractivity (Wildman–Crippen MR) is 94.9 cm³/mol. The highest BCUT2D eigenvalue weighted by atomic mass is 32.1. The number of anilines is 1. The van der Waals surface area contributed by atoms with E-state index in [2.05, 4.69) is 5.32 Å². The van der Waals surface area contributed by atoms with Crippen LogP contribution >= 0.6 is 12.2 Å². The van der Waals surface area contributed by atoms with Gasteiger partial charge in [-0.15, -0.1) is 0 Å². The molecule has 0 unspecified atom stereocenters. The van der Waals surface area contributed by atoms with Crippen LogP contribution in [-0.4, -0.2) is 22.0 Å². The van der Waals surface area contributed by atoms with E-state index in [0.717, 1.165) is 10.6 Å². The van der Waals surface area contributed by atoms with Crippen LogP contribution in [0.2, 0.25) is 0 Å². The molecule has 3 N–H and O–H groups in total. The Bertz CT molecular complexity index is 733. The quantitative estimate of drug-likeness (QED) is 0.643. The van der Waals surface area contributed by atoms with Gasteiger partial charge in [-0.3, -0.25) is 14.4 Å². The van der Waals surface area contributed by atoms with Crippen molar-refractivity contribution >= 4 is 34.8 Å². The van der Waals surface area contributed by atoms with Crippen LogP contribution in [-0.2, 0) is 16.2 Å². The van der Waals surface area contributed by atoms with Gasteiger partial charge in [0.15, 0.2) is 5.11 Å². The van der Waals surface area contributed by atoms with Crippen molar-refractivity contribution in [3.05, 3.63) is 65.7 Å². The molecular formula is C17H17N3O3S. The van der Waals surface area contributed by atoms with Gasteiger partial charge in [0.25, 0.3) is 5.91 Å². The smallest absolute Gasteiger partial charge is 0.284 e. The molecule has 124 valence electrons. The lowest BCUT2D eigenvalue weighted by Crippen LogP contribution is -2.40. The zero-order valence-corrected chi connectivity index (χ0v) is 13.9. The van der Waals surface area contributed by atoms with Gasteiger partial charge in [0.2, 0.25) is 5.91 Å². The molecule has 7 heteroatoms. The van der Waals surface area contributed by atoms with E-state index in [1.54, 1.807) is 24.3 Å². The van der Waals surface area contributed by atoms with Crippen LogP contribution in [0.3, 0.4) is 0 Å². The molecule has 0 saturated carbocycles. The number of carbonyl (C=O) groups is 2. The van der Waals surface area contributed by atoms with Crippen LogP contribution < -0.4 is 11.1 Å². The molecule has 0 fully saturated rings. The Morgan fingerprint density at radius 3 is 2.29 bits per heavy atom. The number of carbonyl (C=O) groups excluding carboxylic acids is 2. The summed E-state index contributed by atoms with van der Waals surface area (Å²) in [5, 5.41) is 3.33. The van der Waals surface area contributed by atoms with Gasteiger partial charge >= 0.3 is 0 Å². The summed E-state index contributed by atoms with van der Waals surface area (Å²) in [6, 6.07) is 15.7. The zero-order chi connectivity index (χ0) is 17.5. The molecule has 0 aromatic heterocycles. The number of nitrogens with two attached hydrogens (primary N) is 1.